The molecule has 0 spiro atoms. The van der Waals surface area contributed by atoms with E-state index in [1.807, 2.05) is 29.7 Å². The number of nitrogens with zero attached hydrogens (tertiary/aromatic N) is 4. The van der Waals surface area contributed by atoms with Gasteiger partial charge in [0.1, 0.15) is 0 Å². The molecule has 0 fully saturated rings. The van der Waals surface area contributed by atoms with Gasteiger partial charge in [-0.2, -0.15) is 0 Å². The van der Waals surface area contributed by atoms with Gasteiger partial charge in [0.25, 0.3) is 0 Å². The van der Waals surface area contributed by atoms with Crippen molar-refractivity contribution < 1.29 is 0 Å². The van der Waals surface area contributed by atoms with Gasteiger partial charge >= 0.3 is 0 Å². The van der Waals surface area contributed by atoms with Crippen LogP contribution in [0, 0.1) is 5.92 Å². The molecule has 55 heavy (non-hydrogen) atoms. The van der Waals surface area contributed by atoms with Crippen molar-refractivity contribution in [1.29, 1.82) is 0 Å². The third-order valence-corrected chi connectivity index (χ3v) is 11.9. The van der Waals surface area contributed by atoms with E-state index in [4.69, 9.17) is 15.0 Å². The Balaban J connectivity index is 0.967. The van der Waals surface area contributed by atoms with E-state index in [0.29, 0.717) is 0 Å². The smallest absolute Gasteiger partial charge is 0.155 e. The maximum absolute atomic E-state index is 5.29. The summed E-state index contributed by atoms with van der Waals surface area (Å²) in [5.74, 6) is 0.970. The van der Waals surface area contributed by atoms with Crippen molar-refractivity contribution in [3.63, 3.8) is 0 Å². The fourth-order valence-electron chi connectivity index (χ4n) is 7.92. The van der Waals surface area contributed by atoms with Crippen LogP contribution in [-0.2, 0) is 0 Å². The molecule has 0 bridgehead atoms. The molecule has 262 valence electrons. The topological polar surface area (TPSA) is 50.5 Å². The molecule has 0 aliphatic carbocycles. The number of aliphatic imine (C=N–C) groups is 2. The zero-order chi connectivity index (χ0) is 36.7. The standard InChI is InChI=1S/C50H36N4S/c1-2-41-48(34-10-5-3-6-11-34)53-50(35-12-7-4-8-13-35)54-49(41)39-20-24-43-42-23-19-37(29-46(42)55-47(43)30-39)36-21-25-45-38(28-36)22-26-44(52-45)33-17-15-32(16-18-33)40-14-9-27-51-31-40/h3-31,41,48H,2H2,1H3. The zero-order valence-electron chi connectivity index (χ0n) is 30.3. The first-order chi connectivity index (χ1) is 27.2. The second kappa shape index (κ2) is 14.0. The molecular weight excluding hydrogens is 689 g/mol. The Kier molecular flexibility index (Phi) is 8.42. The minimum Gasteiger partial charge on any atom is -0.264 e. The van der Waals surface area contributed by atoms with Gasteiger partial charge in [0.15, 0.2) is 5.84 Å². The lowest BCUT2D eigenvalue weighted by Crippen LogP contribution is -2.28. The van der Waals surface area contributed by atoms with Crippen LogP contribution in [0.25, 0.3) is 64.6 Å². The third kappa shape index (κ3) is 6.23. The summed E-state index contributed by atoms with van der Waals surface area (Å²) in [5.41, 5.74) is 12.2. The molecule has 0 saturated heterocycles. The first-order valence-electron chi connectivity index (χ1n) is 18.8. The first-order valence-corrected chi connectivity index (χ1v) is 19.7. The second-order valence-corrected chi connectivity index (χ2v) is 15.2. The van der Waals surface area contributed by atoms with Gasteiger partial charge in [-0.1, -0.05) is 134 Å². The number of rotatable bonds is 7. The van der Waals surface area contributed by atoms with E-state index in [2.05, 4.69) is 164 Å². The Morgan fingerprint density at radius 2 is 1.20 bits per heavy atom. The molecule has 0 N–H and O–H groups in total. The maximum Gasteiger partial charge on any atom is 0.155 e. The number of pyridine rings is 2. The van der Waals surface area contributed by atoms with E-state index in [0.717, 1.165) is 56.8 Å². The van der Waals surface area contributed by atoms with Crippen molar-refractivity contribution in [3.05, 3.63) is 193 Å². The first kappa shape index (κ1) is 33.0. The molecule has 4 nitrogen and oxygen atoms in total. The Labute approximate surface area is 324 Å². The number of benzene rings is 6. The highest BCUT2D eigenvalue weighted by molar-refractivity contribution is 7.25. The number of amidine groups is 1. The Hall–Kier alpha value is -6.56. The van der Waals surface area contributed by atoms with Gasteiger partial charge in [-0.15, -0.1) is 11.3 Å². The SMILES string of the molecule is CCC1C(c2ccc3c(c2)sc2cc(-c4ccc5nc(-c6ccc(-c7cccnc7)cc6)ccc5c4)ccc23)=NC(c2ccccc2)=NC1c1ccccc1. The van der Waals surface area contributed by atoms with E-state index >= 15 is 0 Å². The van der Waals surface area contributed by atoms with Gasteiger partial charge in [-0.05, 0) is 76.2 Å². The van der Waals surface area contributed by atoms with E-state index in [-0.39, 0.29) is 12.0 Å². The predicted octanol–water partition coefficient (Wildman–Crippen LogP) is 13.0. The third-order valence-electron chi connectivity index (χ3n) is 10.8. The van der Waals surface area contributed by atoms with Crippen LogP contribution in [0.2, 0.25) is 0 Å². The zero-order valence-corrected chi connectivity index (χ0v) is 31.1. The van der Waals surface area contributed by atoms with Gasteiger partial charge < -0.3 is 0 Å². The lowest BCUT2D eigenvalue weighted by molar-refractivity contribution is 0.532. The van der Waals surface area contributed by atoms with Crippen LogP contribution in [-0.4, -0.2) is 21.5 Å². The molecule has 10 rings (SSSR count). The van der Waals surface area contributed by atoms with Crippen LogP contribution >= 0.6 is 11.3 Å². The second-order valence-electron chi connectivity index (χ2n) is 14.1. The highest BCUT2D eigenvalue weighted by Crippen LogP contribution is 2.40. The molecule has 0 amide bonds. The number of hydrogen-bond acceptors (Lipinski definition) is 5. The minimum absolute atomic E-state index is 0.00254. The summed E-state index contributed by atoms with van der Waals surface area (Å²) in [6.07, 6.45) is 4.64. The molecule has 3 aromatic heterocycles. The van der Waals surface area contributed by atoms with Gasteiger partial charge in [0.05, 0.1) is 23.0 Å². The van der Waals surface area contributed by atoms with Crippen LogP contribution in [0.1, 0.15) is 36.1 Å². The van der Waals surface area contributed by atoms with Crippen molar-refractivity contribution in [3.8, 4) is 33.5 Å². The average molecular weight is 725 g/mol. The van der Waals surface area contributed by atoms with Crippen LogP contribution < -0.4 is 0 Å². The summed E-state index contributed by atoms with van der Waals surface area (Å²) >= 11 is 1.85. The van der Waals surface area contributed by atoms with Crippen LogP contribution in [0.15, 0.2) is 186 Å². The molecule has 9 aromatic rings. The molecule has 6 aromatic carbocycles. The largest absolute Gasteiger partial charge is 0.264 e. The summed E-state index contributed by atoms with van der Waals surface area (Å²) in [7, 11) is 0. The van der Waals surface area contributed by atoms with E-state index < -0.39 is 0 Å². The number of fused-ring (bicyclic) bond motifs is 4. The lowest BCUT2D eigenvalue weighted by atomic mass is 9.83. The summed E-state index contributed by atoms with van der Waals surface area (Å²) in [6, 6.07) is 58.3. The molecule has 5 heteroatoms. The molecule has 4 heterocycles. The Morgan fingerprint density at radius 1 is 0.545 bits per heavy atom. The van der Waals surface area contributed by atoms with Gasteiger partial charge in [-0.3, -0.25) is 9.98 Å². The maximum atomic E-state index is 5.29. The van der Waals surface area contributed by atoms with Crippen molar-refractivity contribution >= 4 is 54.0 Å². The number of hydrogen-bond donors (Lipinski definition) is 0. The predicted molar refractivity (Wildman–Crippen MR) is 231 cm³/mol. The summed E-state index contributed by atoms with van der Waals surface area (Å²) in [6.45, 7) is 2.25. The Morgan fingerprint density at radius 3 is 1.95 bits per heavy atom. The van der Waals surface area contributed by atoms with Crippen molar-refractivity contribution in [2.24, 2.45) is 15.9 Å². The van der Waals surface area contributed by atoms with Crippen LogP contribution in [0.4, 0.5) is 0 Å². The molecule has 0 saturated carbocycles. The molecule has 2 unspecified atom stereocenters. The van der Waals surface area contributed by atoms with Gasteiger partial charge in [0, 0.05) is 55.0 Å². The molecule has 1 aliphatic heterocycles. The highest BCUT2D eigenvalue weighted by Gasteiger charge is 2.32. The van der Waals surface area contributed by atoms with Crippen molar-refractivity contribution in [2.45, 2.75) is 19.4 Å². The van der Waals surface area contributed by atoms with E-state index in [1.54, 1.807) is 6.20 Å². The lowest BCUT2D eigenvalue weighted by Gasteiger charge is -2.30. The monoisotopic (exact) mass is 724 g/mol. The van der Waals surface area contributed by atoms with Crippen LogP contribution in [0.3, 0.4) is 0 Å². The average Bonchev–Trinajstić information content (AvgIpc) is 3.64. The van der Waals surface area contributed by atoms with Crippen molar-refractivity contribution in [2.75, 3.05) is 0 Å². The summed E-state index contributed by atoms with van der Waals surface area (Å²) < 4.78 is 2.55. The quantitative estimate of drug-likeness (QED) is 0.164. The van der Waals surface area contributed by atoms with E-state index in [9.17, 15) is 0 Å². The fraction of sp³-hybridized carbons (Fsp3) is 0.0800. The highest BCUT2D eigenvalue weighted by atomic mass is 32.1. The Bertz CT molecular complexity index is 2900. The molecule has 1 aliphatic rings. The summed E-state index contributed by atoms with van der Waals surface area (Å²) in [4.78, 5) is 19.8. The molecule has 2 atom stereocenters. The fourth-order valence-corrected chi connectivity index (χ4v) is 9.11. The van der Waals surface area contributed by atoms with Crippen molar-refractivity contribution in [1.82, 2.24) is 9.97 Å². The van der Waals surface area contributed by atoms with Gasteiger partial charge in [-0.25, -0.2) is 9.98 Å². The minimum atomic E-state index is 0.00254. The number of thiophene rings is 1. The van der Waals surface area contributed by atoms with Crippen LogP contribution in [0.5, 0.6) is 0 Å². The van der Waals surface area contributed by atoms with E-state index in [1.165, 1.54) is 42.4 Å². The molecular formula is C50H36N4S. The normalized spacial score (nSPS) is 15.7. The molecule has 0 radical (unpaired) electrons. The summed E-state index contributed by atoms with van der Waals surface area (Å²) in [5, 5.41) is 3.68. The van der Waals surface area contributed by atoms with Gasteiger partial charge in [0.2, 0.25) is 0 Å². The number of aromatic nitrogens is 2.